The number of aryl methyl sites for hydroxylation is 1. The highest BCUT2D eigenvalue weighted by molar-refractivity contribution is 7.90. The lowest BCUT2D eigenvalue weighted by Gasteiger charge is -2.26. The summed E-state index contributed by atoms with van der Waals surface area (Å²) in [6.45, 7) is 4.73. The number of sulfone groups is 1. The molecule has 0 unspecified atom stereocenters. The molecule has 3 aliphatic rings. The molecule has 2 saturated carbocycles. The molecule has 23 heavy (non-hydrogen) atoms. The number of hydrogen-bond acceptors (Lipinski definition) is 6. The molecule has 128 valence electrons. The highest BCUT2D eigenvalue weighted by Gasteiger charge is 2.56. The first-order valence-electron chi connectivity index (χ1n) is 8.51. The average molecular weight is 339 g/mol. The smallest absolute Gasteiger partial charge is 0.234 e. The minimum atomic E-state index is -2.91. The van der Waals surface area contributed by atoms with Crippen molar-refractivity contribution in [2.24, 2.45) is 11.3 Å². The zero-order valence-corrected chi connectivity index (χ0v) is 14.7. The molecular weight excluding hydrogens is 314 g/mol. The van der Waals surface area contributed by atoms with E-state index in [9.17, 15) is 8.42 Å². The zero-order chi connectivity index (χ0) is 16.3. The van der Waals surface area contributed by atoms with Gasteiger partial charge in [-0.15, -0.1) is 0 Å². The van der Waals surface area contributed by atoms with E-state index in [0.717, 1.165) is 44.8 Å². The summed E-state index contributed by atoms with van der Waals surface area (Å²) >= 11 is 0. The molecule has 2 atom stereocenters. The predicted octanol–water partition coefficient (Wildman–Crippen LogP) is 1.56. The molecule has 3 fully saturated rings. The van der Waals surface area contributed by atoms with Crippen LogP contribution in [0, 0.1) is 18.3 Å². The van der Waals surface area contributed by atoms with Gasteiger partial charge in [0, 0.05) is 25.9 Å². The zero-order valence-electron chi connectivity index (χ0n) is 13.9. The molecule has 1 aliphatic heterocycles. The van der Waals surface area contributed by atoms with E-state index in [0.29, 0.717) is 17.5 Å². The van der Waals surface area contributed by atoms with Gasteiger partial charge in [0.2, 0.25) is 5.89 Å². The van der Waals surface area contributed by atoms with Crippen molar-refractivity contribution in [1.29, 1.82) is 0 Å². The van der Waals surface area contributed by atoms with Crippen molar-refractivity contribution < 1.29 is 12.9 Å². The van der Waals surface area contributed by atoms with Crippen LogP contribution >= 0.6 is 0 Å². The van der Waals surface area contributed by atoms with Crippen molar-refractivity contribution in [3.63, 3.8) is 0 Å². The van der Waals surface area contributed by atoms with Gasteiger partial charge < -0.3 is 9.42 Å². The van der Waals surface area contributed by atoms with Gasteiger partial charge in [0.1, 0.15) is 9.84 Å². The summed E-state index contributed by atoms with van der Waals surface area (Å²) < 4.78 is 28.9. The molecule has 2 heterocycles. The summed E-state index contributed by atoms with van der Waals surface area (Å²) in [7, 11) is -2.91. The maximum absolute atomic E-state index is 11.7. The fraction of sp³-hybridized carbons (Fsp3) is 0.875. The van der Waals surface area contributed by atoms with Crippen LogP contribution in [0.2, 0.25) is 0 Å². The SMILES string of the molecule is Cc1noc([C@]23CCC[C@H]2CN(CC2(CS(C)(=O)=O)CC2)C3)n1. The minimum Gasteiger partial charge on any atom is -0.339 e. The molecule has 0 spiro atoms. The van der Waals surface area contributed by atoms with E-state index in [-0.39, 0.29) is 10.8 Å². The first-order chi connectivity index (χ1) is 10.8. The van der Waals surface area contributed by atoms with Crippen LogP contribution in [0.15, 0.2) is 4.52 Å². The number of rotatable bonds is 5. The average Bonchev–Trinajstić information content (AvgIpc) is 2.78. The Hall–Kier alpha value is -0.950. The lowest BCUT2D eigenvalue weighted by atomic mass is 9.80. The molecule has 4 rings (SSSR count). The standard InChI is InChI=1S/C16H25N3O3S/c1-12-17-14(22-18-12)16-5-3-4-13(16)8-19(10-16)9-15(6-7-15)11-23(2,20)21/h13H,3-11H2,1-2H3/t13-,16-/m0/s1. The molecule has 0 amide bonds. The van der Waals surface area contributed by atoms with Crippen LogP contribution in [0.4, 0.5) is 0 Å². The molecule has 0 radical (unpaired) electrons. The lowest BCUT2D eigenvalue weighted by Crippen LogP contribution is -2.36. The number of hydrogen-bond donors (Lipinski definition) is 0. The van der Waals surface area contributed by atoms with Crippen LogP contribution in [-0.4, -0.2) is 55.1 Å². The van der Waals surface area contributed by atoms with Crippen LogP contribution in [0.5, 0.6) is 0 Å². The van der Waals surface area contributed by atoms with Crippen molar-refractivity contribution in [2.45, 2.75) is 44.4 Å². The van der Waals surface area contributed by atoms with Gasteiger partial charge in [-0.3, -0.25) is 0 Å². The van der Waals surface area contributed by atoms with Crippen LogP contribution in [0.25, 0.3) is 0 Å². The largest absolute Gasteiger partial charge is 0.339 e. The molecule has 0 bridgehead atoms. The molecule has 1 aromatic rings. The van der Waals surface area contributed by atoms with Crippen molar-refractivity contribution in [2.75, 3.05) is 31.6 Å². The fourth-order valence-electron chi connectivity index (χ4n) is 4.92. The van der Waals surface area contributed by atoms with Crippen LogP contribution in [0.3, 0.4) is 0 Å². The molecular formula is C16H25N3O3S. The van der Waals surface area contributed by atoms with E-state index >= 15 is 0 Å². The Morgan fingerprint density at radius 2 is 2.13 bits per heavy atom. The summed E-state index contributed by atoms with van der Waals surface area (Å²) in [4.78, 5) is 6.99. The molecule has 2 aliphatic carbocycles. The van der Waals surface area contributed by atoms with E-state index in [1.807, 2.05) is 6.92 Å². The predicted molar refractivity (Wildman–Crippen MR) is 85.9 cm³/mol. The summed E-state index contributed by atoms with van der Waals surface area (Å²) in [5, 5.41) is 3.99. The molecule has 0 N–H and O–H groups in total. The Bertz CT molecular complexity index is 710. The van der Waals surface area contributed by atoms with E-state index < -0.39 is 9.84 Å². The first-order valence-corrected chi connectivity index (χ1v) is 10.6. The molecule has 6 nitrogen and oxygen atoms in total. The lowest BCUT2D eigenvalue weighted by molar-refractivity contribution is 0.229. The van der Waals surface area contributed by atoms with Gasteiger partial charge in [-0.1, -0.05) is 11.6 Å². The Kier molecular flexibility index (Phi) is 3.40. The number of nitrogens with zero attached hydrogens (tertiary/aromatic N) is 3. The quantitative estimate of drug-likeness (QED) is 0.810. The topological polar surface area (TPSA) is 76.3 Å². The van der Waals surface area contributed by atoms with Gasteiger partial charge in [0.05, 0.1) is 11.2 Å². The van der Waals surface area contributed by atoms with Gasteiger partial charge in [-0.2, -0.15) is 4.98 Å². The van der Waals surface area contributed by atoms with Crippen molar-refractivity contribution in [3.05, 3.63) is 11.7 Å². The van der Waals surface area contributed by atoms with E-state index in [1.165, 1.54) is 19.1 Å². The number of likely N-dealkylation sites (tertiary alicyclic amines) is 1. The second-order valence-corrected chi connectivity index (χ2v) is 10.3. The van der Waals surface area contributed by atoms with Gasteiger partial charge in [0.25, 0.3) is 0 Å². The van der Waals surface area contributed by atoms with E-state index in [1.54, 1.807) is 0 Å². The third kappa shape index (κ3) is 2.82. The van der Waals surface area contributed by atoms with Gasteiger partial charge in [-0.05, 0) is 43.9 Å². The summed E-state index contributed by atoms with van der Waals surface area (Å²) in [5.74, 6) is 2.40. The second-order valence-electron chi connectivity index (χ2n) is 8.13. The molecule has 7 heteroatoms. The molecule has 1 aromatic heterocycles. The van der Waals surface area contributed by atoms with Gasteiger partial charge >= 0.3 is 0 Å². The van der Waals surface area contributed by atoms with E-state index in [4.69, 9.17) is 4.52 Å². The maximum Gasteiger partial charge on any atom is 0.234 e. The third-order valence-electron chi connectivity index (χ3n) is 5.98. The summed E-state index contributed by atoms with van der Waals surface area (Å²) in [5.41, 5.74) is 0.000595. The normalized spacial score (nSPS) is 33.0. The molecule has 1 saturated heterocycles. The van der Waals surface area contributed by atoms with Crippen LogP contribution in [0.1, 0.15) is 43.8 Å². The van der Waals surface area contributed by atoms with Crippen LogP contribution < -0.4 is 0 Å². The summed E-state index contributed by atoms with van der Waals surface area (Å²) in [6.07, 6.45) is 6.95. The number of fused-ring (bicyclic) bond motifs is 1. The van der Waals surface area contributed by atoms with Crippen molar-refractivity contribution >= 4 is 9.84 Å². The Morgan fingerprint density at radius 1 is 1.35 bits per heavy atom. The Labute approximate surface area is 137 Å². The molecule has 0 aromatic carbocycles. The highest BCUT2D eigenvalue weighted by atomic mass is 32.2. The van der Waals surface area contributed by atoms with E-state index in [2.05, 4.69) is 15.0 Å². The highest BCUT2D eigenvalue weighted by Crippen LogP contribution is 2.53. The second kappa shape index (κ2) is 5.02. The van der Waals surface area contributed by atoms with Crippen molar-refractivity contribution in [3.8, 4) is 0 Å². The van der Waals surface area contributed by atoms with Crippen molar-refractivity contribution in [1.82, 2.24) is 15.0 Å². The first kappa shape index (κ1) is 15.6. The summed E-state index contributed by atoms with van der Waals surface area (Å²) in [6, 6.07) is 0. The van der Waals surface area contributed by atoms with Gasteiger partial charge in [0.15, 0.2) is 5.82 Å². The fourth-order valence-corrected chi connectivity index (χ4v) is 6.41. The van der Waals surface area contributed by atoms with Gasteiger partial charge in [-0.25, -0.2) is 8.42 Å². The third-order valence-corrected chi connectivity index (χ3v) is 7.12. The maximum atomic E-state index is 11.7. The minimum absolute atomic E-state index is 0.00182. The monoisotopic (exact) mass is 339 g/mol. The Balaban J connectivity index is 1.52. The Morgan fingerprint density at radius 3 is 2.74 bits per heavy atom. The number of aromatic nitrogens is 2. The van der Waals surface area contributed by atoms with Crippen LogP contribution in [-0.2, 0) is 15.3 Å².